The van der Waals surface area contributed by atoms with Crippen LogP contribution in [0.15, 0.2) is 18.3 Å². The van der Waals surface area contributed by atoms with Crippen molar-refractivity contribution >= 4 is 0 Å². The van der Waals surface area contributed by atoms with Crippen molar-refractivity contribution in [2.45, 2.75) is 56.9 Å². The van der Waals surface area contributed by atoms with E-state index in [0.29, 0.717) is 0 Å². The lowest BCUT2D eigenvalue weighted by Crippen LogP contribution is -2.34. The molecule has 2 aliphatic rings. The van der Waals surface area contributed by atoms with E-state index in [1.807, 2.05) is 6.20 Å². The highest BCUT2D eigenvalue weighted by Crippen LogP contribution is 2.41. The highest BCUT2D eigenvalue weighted by molar-refractivity contribution is 5.26. The van der Waals surface area contributed by atoms with Gasteiger partial charge in [-0.25, -0.2) is 0 Å². The SMILES string of the molecule is CNC1CCCC(C2CCCc3cccnc32)C1. The summed E-state index contributed by atoms with van der Waals surface area (Å²) in [6.07, 6.45) is 11.4. The summed E-state index contributed by atoms with van der Waals surface area (Å²) in [6.45, 7) is 0. The van der Waals surface area contributed by atoms with Gasteiger partial charge in [-0.3, -0.25) is 4.98 Å². The molecule has 3 unspecified atom stereocenters. The molecule has 18 heavy (non-hydrogen) atoms. The molecule has 3 rings (SSSR count). The summed E-state index contributed by atoms with van der Waals surface area (Å²) in [4.78, 5) is 4.71. The molecule has 1 aromatic heterocycles. The molecule has 0 aromatic carbocycles. The zero-order valence-corrected chi connectivity index (χ0v) is 11.4. The van der Waals surface area contributed by atoms with Crippen molar-refractivity contribution in [3.8, 4) is 0 Å². The lowest BCUT2D eigenvalue weighted by Gasteiger charge is -2.36. The van der Waals surface area contributed by atoms with E-state index in [9.17, 15) is 0 Å². The van der Waals surface area contributed by atoms with Gasteiger partial charge < -0.3 is 5.32 Å². The maximum absolute atomic E-state index is 4.71. The van der Waals surface area contributed by atoms with Crippen molar-refractivity contribution in [1.29, 1.82) is 0 Å². The molecule has 3 atom stereocenters. The standard InChI is InChI=1S/C16H24N2/c1-17-14-8-2-6-13(11-14)15-9-3-5-12-7-4-10-18-16(12)15/h4,7,10,13-15,17H,2-3,5-6,8-9,11H2,1H3. The van der Waals surface area contributed by atoms with Gasteiger partial charge in [-0.2, -0.15) is 0 Å². The Labute approximate surface area is 110 Å². The highest BCUT2D eigenvalue weighted by atomic mass is 14.9. The molecule has 1 N–H and O–H groups in total. The second-order valence-electron chi connectivity index (χ2n) is 5.96. The lowest BCUT2D eigenvalue weighted by molar-refractivity contribution is 0.241. The van der Waals surface area contributed by atoms with E-state index < -0.39 is 0 Å². The quantitative estimate of drug-likeness (QED) is 0.863. The summed E-state index contributed by atoms with van der Waals surface area (Å²) in [5.41, 5.74) is 2.94. The predicted molar refractivity (Wildman–Crippen MR) is 74.7 cm³/mol. The Balaban J connectivity index is 1.80. The van der Waals surface area contributed by atoms with Crippen LogP contribution < -0.4 is 5.32 Å². The Kier molecular flexibility index (Phi) is 3.64. The molecule has 1 fully saturated rings. The van der Waals surface area contributed by atoms with Crippen molar-refractivity contribution in [3.63, 3.8) is 0 Å². The Morgan fingerprint density at radius 1 is 1.22 bits per heavy atom. The third-order valence-electron chi connectivity index (χ3n) is 4.93. The van der Waals surface area contributed by atoms with Gasteiger partial charge in [-0.15, -0.1) is 0 Å². The van der Waals surface area contributed by atoms with E-state index in [4.69, 9.17) is 4.98 Å². The van der Waals surface area contributed by atoms with Crippen LogP contribution in [0, 0.1) is 5.92 Å². The number of fused-ring (bicyclic) bond motifs is 1. The number of pyridine rings is 1. The maximum atomic E-state index is 4.71. The summed E-state index contributed by atoms with van der Waals surface area (Å²) in [6, 6.07) is 5.11. The molecule has 2 nitrogen and oxygen atoms in total. The Hall–Kier alpha value is -0.890. The van der Waals surface area contributed by atoms with Gasteiger partial charge in [-0.1, -0.05) is 12.5 Å². The minimum absolute atomic E-state index is 0.728. The van der Waals surface area contributed by atoms with Gasteiger partial charge in [0.15, 0.2) is 0 Å². The Morgan fingerprint density at radius 2 is 2.17 bits per heavy atom. The van der Waals surface area contributed by atoms with Crippen LogP contribution in [0.5, 0.6) is 0 Å². The summed E-state index contributed by atoms with van der Waals surface area (Å²) in [5.74, 6) is 1.58. The van der Waals surface area contributed by atoms with Crippen LogP contribution in [0.2, 0.25) is 0 Å². The van der Waals surface area contributed by atoms with Crippen molar-refractivity contribution in [2.24, 2.45) is 5.92 Å². The number of nitrogens with zero attached hydrogens (tertiary/aromatic N) is 1. The van der Waals surface area contributed by atoms with E-state index in [-0.39, 0.29) is 0 Å². The monoisotopic (exact) mass is 244 g/mol. The first kappa shape index (κ1) is 12.2. The van der Waals surface area contributed by atoms with Crippen molar-refractivity contribution in [1.82, 2.24) is 10.3 Å². The first-order valence-corrected chi connectivity index (χ1v) is 7.49. The molecule has 2 aliphatic carbocycles. The smallest absolute Gasteiger partial charge is 0.0469 e. The molecule has 0 saturated heterocycles. The van der Waals surface area contributed by atoms with Gasteiger partial charge in [0.2, 0.25) is 0 Å². The van der Waals surface area contributed by atoms with Crippen LogP contribution in [0.25, 0.3) is 0 Å². The topological polar surface area (TPSA) is 24.9 Å². The summed E-state index contributed by atoms with van der Waals surface area (Å²) >= 11 is 0. The normalized spacial score (nSPS) is 31.9. The molecule has 98 valence electrons. The van der Waals surface area contributed by atoms with Crippen molar-refractivity contribution < 1.29 is 0 Å². The van der Waals surface area contributed by atoms with Crippen LogP contribution in [0.1, 0.15) is 55.7 Å². The summed E-state index contributed by atoms with van der Waals surface area (Å²) < 4.78 is 0. The van der Waals surface area contributed by atoms with Gasteiger partial charge in [-0.05, 0) is 63.1 Å². The van der Waals surface area contributed by atoms with E-state index in [0.717, 1.165) is 17.9 Å². The molecule has 0 amide bonds. The largest absolute Gasteiger partial charge is 0.317 e. The average molecular weight is 244 g/mol. The summed E-state index contributed by atoms with van der Waals surface area (Å²) in [5, 5.41) is 3.48. The molecule has 0 bridgehead atoms. The molecule has 2 heteroatoms. The van der Waals surface area contributed by atoms with Gasteiger partial charge in [0.1, 0.15) is 0 Å². The molecular formula is C16H24N2. The number of hydrogen-bond donors (Lipinski definition) is 1. The second kappa shape index (κ2) is 5.40. The zero-order chi connectivity index (χ0) is 12.4. The zero-order valence-electron chi connectivity index (χ0n) is 11.4. The van der Waals surface area contributed by atoms with E-state index in [1.54, 1.807) is 0 Å². The van der Waals surface area contributed by atoms with Crippen LogP contribution >= 0.6 is 0 Å². The van der Waals surface area contributed by atoms with Crippen LogP contribution in [-0.2, 0) is 6.42 Å². The van der Waals surface area contributed by atoms with Crippen LogP contribution in [0.4, 0.5) is 0 Å². The van der Waals surface area contributed by atoms with Crippen LogP contribution in [0.3, 0.4) is 0 Å². The molecule has 0 radical (unpaired) electrons. The number of aromatic nitrogens is 1. The van der Waals surface area contributed by atoms with Gasteiger partial charge in [0, 0.05) is 23.9 Å². The van der Waals surface area contributed by atoms with Gasteiger partial charge in [0.05, 0.1) is 0 Å². The molecule has 0 aliphatic heterocycles. The third-order valence-corrected chi connectivity index (χ3v) is 4.93. The first-order chi connectivity index (χ1) is 8.88. The molecular weight excluding hydrogens is 220 g/mol. The number of aryl methyl sites for hydroxylation is 1. The number of nitrogens with one attached hydrogen (secondary N) is 1. The van der Waals surface area contributed by atoms with E-state index in [2.05, 4.69) is 24.5 Å². The first-order valence-electron chi connectivity index (χ1n) is 7.49. The minimum Gasteiger partial charge on any atom is -0.317 e. The Bertz CT molecular complexity index is 402. The molecule has 1 saturated carbocycles. The van der Waals surface area contributed by atoms with Crippen LogP contribution in [-0.4, -0.2) is 18.1 Å². The van der Waals surface area contributed by atoms with Gasteiger partial charge >= 0.3 is 0 Å². The molecule has 1 heterocycles. The molecule has 1 aromatic rings. The average Bonchev–Trinajstić information content (AvgIpc) is 2.47. The van der Waals surface area contributed by atoms with Crippen molar-refractivity contribution in [2.75, 3.05) is 7.05 Å². The fraction of sp³-hybridized carbons (Fsp3) is 0.688. The number of rotatable bonds is 2. The van der Waals surface area contributed by atoms with E-state index >= 15 is 0 Å². The molecule has 0 spiro atoms. The highest BCUT2D eigenvalue weighted by Gasteiger charge is 2.32. The fourth-order valence-corrected chi connectivity index (χ4v) is 3.96. The summed E-state index contributed by atoms with van der Waals surface area (Å²) in [7, 11) is 2.11. The third kappa shape index (κ3) is 2.31. The fourth-order valence-electron chi connectivity index (χ4n) is 3.96. The number of hydrogen-bond acceptors (Lipinski definition) is 2. The Morgan fingerprint density at radius 3 is 3.06 bits per heavy atom. The second-order valence-corrected chi connectivity index (χ2v) is 5.96. The van der Waals surface area contributed by atoms with E-state index in [1.165, 1.54) is 56.2 Å². The lowest BCUT2D eigenvalue weighted by atomic mass is 9.71. The minimum atomic E-state index is 0.728. The van der Waals surface area contributed by atoms with Crippen molar-refractivity contribution in [3.05, 3.63) is 29.6 Å². The van der Waals surface area contributed by atoms with Gasteiger partial charge in [0.25, 0.3) is 0 Å². The predicted octanol–water partition coefficient (Wildman–Crippen LogP) is 3.28. The maximum Gasteiger partial charge on any atom is 0.0469 e.